The SMILES string of the molecule is N#Cc1ccc(NC(=O)c2sccc2N)c(Br)c1. The average Bonchev–Trinajstić information content (AvgIpc) is 2.78. The minimum absolute atomic E-state index is 0.257. The molecule has 3 N–H and O–H groups in total. The number of benzene rings is 1. The maximum Gasteiger partial charge on any atom is 0.267 e. The zero-order chi connectivity index (χ0) is 13.1. The molecule has 1 heterocycles. The van der Waals surface area contributed by atoms with Gasteiger partial charge in [-0.15, -0.1) is 11.3 Å². The molecule has 0 unspecified atom stereocenters. The number of carbonyl (C=O) groups excluding carboxylic acids is 1. The van der Waals surface area contributed by atoms with E-state index in [9.17, 15) is 4.79 Å². The normalized spacial score (nSPS) is 9.78. The van der Waals surface area contributed by atoms with Crippen molar-refractivity contribution in [2.75, 3.05) is 11.1 Å². The molecule has 1 amide bonds. The summed E-state index contributed by atoms with van der Waals surface area (Å²) >= 11 is 4.59. The number of hydrogen-bond acceptors (Lipinski definition) is 4. The van der Waals surface area contributed by atoms with Crippen molar-refractivity contribution < 1.29 is 4.79 Å². The number of nitriles is 1. The molecule has 0 saturated carbocycles. The van der Waals surface area contributed by atoms with E-state index in [2.05, 4.69) is 21.2 Å². The van der Waals surface area contributed by atoms with Gasteiger partial charge in [0.2, 0.25) is 0 Å². The standard InChI is InChI=1S/C12H8BrN3OS/c13-8-5-7(6-14)1-2-10(8)16-12(17)11-9(15)3-4-18-11/h1-5H,15H2,(H,16,17). The Hall–Kier alpha value is -1.84. The second kappa shape index (κ2) is 5.21. The lowest BCUT2D eigenvalue weighted by atomic mass is 10.2. The zero-order valence-electron chi connectivity index (χ0n) is 9.11. The van der Waals surface area contributed by atoms with Crippen LogP contribution in [0.4, 0.5) is 11.4 Å². The van der Waals surface area contributed by atoms with E-state index in [0.29, 0.717) is 26.3 Å². The number of hydrogen-bond donors (Lipinski definition) is 2. The molecule has 0 aliphatic carbocycles. The van der Waals surface area contributed by atoms with E-state index in [1.54, 1.807) is 29.6 Å². The highest BCUT2D eigenvalue weighted by molar-refractivity contribution is 9.10. The van der Waals surface area contributed by atoms with Crippen LogP contribution in [0.25, 0.3) is 0 Å². The number of carbonyl (C=O) groups is 1. The number of rotatable bonds is 2. The molecule has 1 aromatic carbocycles. The van der Waals surface area contributed by atoms with Gasteiger partial charge in [-0.2, -0.15) is 5.26 Å². The van der Waals surface area contributed by atoms with Crippen LogP contribution in [0.1, 0.15) is 15.2 Å². The van der Waals surface area contributed by atoms with E-state index in [1.807, 2.05) is 6.07 Å². The van der Waals surface area contributed by atoms with Gasteiger partial charge in [0.15, 0.2) is 0 Å². The van der Waals surface area contributed by atoms with Gasteiger partial charge < -0.3 is 11.1 Å². The number of anilines is 2. The van der Waals surface area contributed by atoms with E-state index in [4.69, 9.17) is 11.0 Å². The minimum atomic E-state index is -0.257. The van der Waals surface area contributed by atoms with Crippen molar-refractivity contribution in [3.05, 3.63) is 44.6 Å². The van der Waals surface area contributed by atoms with Crippen LogP contribution >= 0.6 is 27.3 Å². The first-order chi connectivity index (χ1) is 8.61. The van der Waals surface area contributed by atoms with E-state index in [1.165, 1.54) is 11.3 Å². The third-order valence-corrected chi connectivity index (χ3v) is 3.83. The molecule has 2 rings (SSSR count). The van der Waals surface area contributed by atoms with Gasteiger partial charge in [-0.25, -0.2) is 0 Å². The molecule has 0 aliphatic heterocycles. The molecule has 2 aromatic rings. The van der Waals surface area contributed by atoms with Crippen molar-refractivity contribution in [3.8, 4) is 6.07 Å². The second-order valence-electron chi connectivity index (χ2n) is 3.47. The summed E-state index contributed by atoms with van der Waals surface area (Å²) in [7, 11) is 0. The van der Waals surface area contributed by atoms with Gasteiger partial charge in [0, 0.05) is 4.47 Å². The Morgan fingerprint density at radius 1 is 1.44 bits per heavy atom. The number of nitrogens with two attached hydrogens (primary N) is 1. The molecule has 4 nitrogen and oxygen atoms in total. The Morgan fingerprint density at radius 2 is 2.22 bits per heavy atom. The first kappa shape index (κ1) is 12.6. The Balaban J connectivity index is 2.23. The van der Waals surface area contributed by atoms with Gasteiger partial charge in [-0.3, -0.25) is 4.79 Å². The molecule has 0 atom stereocenters. The first-order valence-corrected chi connectivity index (χ1v) is 6.63. The molecule has 0 saturated heterocycles. The maximum absolute atomic E-state index is 11.9. The van der Waals surface area contributed by atoms with Crippen LogP contribution < -0.4 is 11.1 Å². The number of thiophene rings is 1. The smallest absolute Gasteiger partial charge is 0.267 e. The van der Waals surface area contributed by atoms with E-state index in [-0.39, 0.29) is 5.91 Å². The van der Waals surface area contributed by atoms with Crippen molar-refractivity contribution >= 4 is 44.5 Å². The number of nitrogens with one attached hydrogen (secondary N) is 1. The van der Waals surface area contributed by atoms with Crippen molar-refractivity contribution in [2.24, 2.45) is 0 Å². The highest BCUT2D eigenvalue weighted by atomic mass is 79.9. The summed E-state index contributed by atoms with van der Waals surface area (Å²) in [4.78, 5) is 12.4. The van der Waals surface area contributed by atoms with Crippen molar-refractivity contribution in [1.82, 2.24) is 0 Å². The topological polar surface area (TPSA) is 78.9 Å². The van der Waals surface area contributed by atoms with Crippen molar-refractivity contribution in [1.29, 1.82) is 5.26 Å². The van der Waals surface area contributed by atoms with Crippen LogP contribution in [0, 0.1) is 11.3 Å². The predicted molar refractivity (Wildman–Crippen MR) is 75.5 cm³/mol. The lowest BCUT2D eigenvalue weighted by Gasteiger charge is -2.06. The van der Waals surface area contributed by atoms with Crippen LogP contribution in [-0.4, -0.2) is 5.91 Å². The Kier molecular flexibility index (Phi) is 3.65. The Morgan fingerprint density at radius 3 is 2.78 bits per heavy atom. The van der Waals surface area contributed by atoms with E-state index in [0.717, 1.165) is 0 Å². The molecule has 6 heteroatoms. The molecule has 0 radical (unpaired) electrons. The number of amides is 1. The summed E-state index contributed by atoms with van der Waals surface area (Å²) in [6.45, 7) is 0. The van der Waals surface area contributed by atoms with Gasteiger partial charge >= 0.3 is 0 Å². The number of nitrogen functional groups attached to an aromatic ring is 1. The summed E-state index contributed by atoms with van der Waals surface area (Å²) in [5, 5.41) is 13.3. The fraction of sp³-hybridized carbons (Fsp3) is 0. The van der Waals surface area contributed by atoms with Crippen molar-refractivity contribution in [3.63, 3.8) is 0 Å². The monoisotopic (exact) mass is 321 g/mol. The van der Waals surface area contributed by atoms with Crippen LogP contribution in [0.3, 0.4) is 0 Å². The molecule has 0 spiro atoms. The molecule has 0 fully saturated rings. The molecule has 18 heavy (non-hydrogen) atoms. The summed E-state index contributed by atoms with van der Waals surface area (Å²) in [6, 6.07) is 8.67. The number of halogens is 1. The average molecular weight is 322 g/mol. The van der Waals surface area contributed by atoms with Crippen molar-refractivity contribution in [2.45, 2.75) is 0 Å². The summed E-state index contributed by atoms with van der Waals surface area (Å²) in [6.07, 6.45) is 0. The fourth-order valence-electron chi connectivity index (χ4n) is 1.37. The highest BCUT2D eigenvalue weighted by Gasteiger charge is 2.12. The lowest BCUT2D eigenvalue weighted by Crippen LogP contribution is -2.12. The molecule has 90 valence electrons. The van der Waals surface area contributed by atoms with Crippen LogP contribution in [0.2, 0.25) is 0 Å². The largest absolute Gasteiger partial charge is 0.397 e. The molecular formula is C12H8BrN3OS. The van der Waals surface area contributed by atoms with Gasteiger partial charge in [-0.1, -0.05) is 0 Å². The van der Waals surface area contributed by atoms with Gasteiger partial charge in [0.25, 0.3) is 5.91 Å². The lowest BCUT2D eigenvalue weighted by molar-refractivity contribution is 0.103. The van der Waals surface area contributed by atoms with Gasteiger partial charge in [0.05, 0.1) is 23.0 Å². The number of nitrogens with zero attached hydrogens (tertiary/aromatic N) is 1. The molecular weight excluding hydrogens is 314 g/mol. The van der Waals surface area contributed by atoms with Gasteiger partial charge in [-0.05, 0) is 45.6 Å². The third-order valence-electron chi connectivity index (χ3n) is 2.25. The fourth-order valence-corrected chi connectivity index (χ4v) is 2.56. The summed E-state index contributed by atoms with van der Waals surface area (Å²) in [5.41, 5.74) is 7.26. The quantitative estimate of drug-likeness (QED) is 0.891. The maximum atomic E-state index is 11.9. The second-order valence-corrected chi connectivity index (χ2v) is 5.24. The zero-order valence-corrected chi connectivity index (χ0v) is 11.5. The molecule has 0 aliphatic rings. The summed E-state index contributed by atoms with van der Waals surface area (Å²) < 4.78 is 0.657. The van der Waals surface area contributed by atoms with Gasteiger partial charge in [0.1, 0.15) is 4.88 Å². The molecule has 1 aromatic heterocycles. The highest BCUT2D eigenvalue weighted by Crippen LogP contribution is 2.26. The Bertz CT molecular complexity index is 645. The summed E-state index contributed by atoms with van der Waals surface area (Å²) in [5.74, 6) is -0.257. The Labute approximate surface area is 116 Å². The first-order valence-electron chi connectivity index (χ1n) is 4.96. The van der Waals surface area contributed by atoms with E-state index < -0.39 is 0 Å². The van der Waals surface area contributed by atoms with E-state index >= 15 is 0 Å². The van der Waals surface area contributed by atoms with Crippen LogP contribution in [0.5, 0.6) is 0 Å². The third kappa shape index (κ3) is 2.53. The van der Waals surface area contributed by atoms with Crippen LogP contribution in [-0.2, 0) is 0 Å². The predicted octanol–water partition coefficient (Wildman–Crippen LogP) is 3.22. The van der Waals surface area contributed by atoms with Crippen LogP contribution in [0.15, 0.2) is 34.1 Å². The molecule has 0 bridgehead atoms. The minimum Gasteiger partial charge on any atom is -0.397 e.